The lowest BCUT2D eigenvalue weighted by Crippen LogP contribution is -2.58. The first-order chi connectivity index (χ1) is 11.6. The van der Waals surface area contributed by atoms with Gasteiger partial charge in [0.05, 0.1) is 17.4 Å². The Balaban J connectivity index is 1.48. The fourth-order valence-electron chi connectivity index (χ4n) is 5.56. The minimum Gasteiger partial charge on any atom is -0.462 e. The van der Waals surface area contributed by atoms with Gasteiger partial charge in [0.1, 0.15) is 12.7 Å². The van der Waals surface area contributed by atoms with E-state index in [2.05, 4.69) is 0 Å². The average molecular weight is 338 g/mol. The van der Waals surface area contributed by atoms with Gasteiger partial charge in [0.15, 0.2) is 6.79 Å². The van der Waals surface area contributed by atoms with Crippen molar-refractivity contribution in [3.05, 3.63) is 0 Å². The summed E-state index contributed by atoms with van der Waals surface area (Å²) in [6.07, 6.45) is 5.17. The Morgan fingerprint density at radius 3 is 2.17 bits per heavy atom. The van der Waals surface area contributed by atoms with Crippen LogP contribution in [0.25, 0.3) is 0 Å². The Morgan fingerprint density at radius 2 is 1.62 bits per heavy atom. The number of ether oxygens (including phenoxy) is 4. The third kappa shape index (κ3) is 2.84. The number of epoxide rings is 1. The molecule has 3 unspecified atom stereocenters. The third-order valence-electron chi connectivity index (χ3n) is 6.21. The van der Waals surface area contributed by atoms with Gasteiger partial charge >= 0.3 is 11.9 Å². The van der Waals surface area contributed by atoms with Crippen molar-refractivity contribution in [1.82, 2.24) is 0 Å². The van der Waals surface area contributed by atoms with Crippen LogP contribution in [0, 0.1) is 22.7 Å². The van der Waals surface area contributed by atoms with Crippen LogP contribution in [0.3, 0.4) is 0 Å². The predicted molar refractivity (Wildman–Crippen MR) is 82.8 cm³/mol. The molecule has 0 spiro atoms. The van der Waals surface area contributed by atoms with Crippen LogP contribution in [-0.2, 0) is 28.5 Å². The second kappa shape index (κ2) is 5.99. The largest absolute Gasteiger partial charge is 0.462 e. The fraction of sp³-hybridized carbons (Fsp3) is 0.889. The number of hydrogen-bond donors (Lipinski definition) is 0. The van der Waals surface area contributed by atoms with E-state index >= 15 is 0 Å². The van der Waals surface area contributed by atoms with Gasteiger partial charge in [-0.3, -0.25) is 9.59 Å². The number of rotatable bonds is 7. The summed E-state index contributed by atoms with van der Waals surface area (Å²) >= 11 is 0. The zero-order valence-electron chi connectivity index (χ0n) is 14.3. The molecule has 24 heavy (non-hydrogen) atoms. The first-order valence-corrected chi connectivity index (χ1v) is 9.09. The van der Waals surface area contributed by atoms with Crippen LogP contribution in [-0.4, -0.2) is 44.7 Å². The lowest BCUT2D eigenvalue weighted by Gasteiger charge is -2.59. The second-order valence-corrected chi connectivity index (χ2v) is 8.12. The maximum Gasteiger partial charge on any atom is 0.314 e. The molecule has 1 heterocycles. The smallest absolute Gasteiger partial charge is 0.314 e. The second-order valence-electron chi connectivity index (χ2n) is 8.12. The molecule has 3 atom stereocenters. The highest BCUT2D eigenvalue weighted by molar-refractivity contribution is 5.83. The molecule has 6 nitrogen and oxygen atoms in total. The van der Waals surface area contributed by atoms with Gasteiger partial charge in [0.25, 0.3) is 0 Å². The average Bonchev–Trinajstić information content (AvgIpc) is 3.35. The molecule has 4 aliphatic carbocycles. The van der Waals surface area contributed by atoms with Crippen molar-refractivity contribution in [3.63, 3.8) is 0 Å². The van der Waals surface area contributed by atoms with Gasteiger partial charge in [0.2, 0.25) is 0 Å². The van der Waals surface area contributed by atoms with E-state index in [4.69, 9.17) is 18.9 Å². The van der Waals surface area contributed by atoms with E-state index in [1.54, 1.807) is 0 Å². The van der Waals surface area contributed by atoms with Crippen LogP contribution in [0.15, 0.2) is 0 Å². The van der Waals surface area contributed by atoms with Gasteiger partial charge in [-0.25, -0.2) is 0 Å². The van der Waals surface area contributed by atoms with Crippen LogP contribution < -0.4 is 0 Å². The molecule has 0 radical (unpaired) electrons. The molecular weight excluding hydrogens is 312 g/mol. The van der Waals surface area contributed by atoms with Crippen LogP contribution in [0.5, 0.6) is 0 Å². The molecule has 1 aliphatic heterocycles. The highest BCUT2D eigenvalue weighted by Crippen LogP contribution is 2.66. The van der Waals surface area contributed by atoms with E-state index < -0.39 is 10.8 Å². The molecule has 0 aromatic rings. The van der Waals surface area contributed by atoms with E-state index in [1.165, 1.54) is 0 Å². The van der Waals surface area contributed by atoms with E-state index in [9.17, 15) is 9.59 Å². The Bertz CT molecular complexity index is 512. The van der Waals surface area contributed by atoms with Gasteiger partial charge in [0, 0.05) is 6.61 Å². The highest BCUT2D eigenvalue weighted by atomic mass is 16.7. The predicted octanol–water partition coefficient (Wildman–Crippen LogP) is 2.05. The molecule has 4 saturated carbocycles. The molecule has 5 fully saturated rings. The number of esters is 2. The van der Waals surface area contributed by atoms with Gasteiger partial charge in [-0.15, -0.1) is 0 Å². The zero-order chi connectivity index (χ0) is 16.8. The Kier molecular flexibility index (Phi) is 4.07. The van der Waals surface area contributed by atoms with E-state index in [0.29, 0.717) is 38.1 Å². The molecule has 5 rings (SSSR count). The first kappa shape index (κ1) is 16.3. The Hall–Kier alpha value is -1.14. The Labute approximate surface area is 142 Å². The van der Waals surface area contributed by atoms with Gasteiger partial charge in [-0.2, -0.15) is 0 Å². The standard InChI is InChI=1S/C18H26O6/c1-2-21-11-24-16(20)18-6-12-3-13(7-18)5-17(4-12,10-18)15(19)23-9-14-8-22-14/h12-14H,2-11H2,1H3. The van der Waals surface area contributed by atoms with Crippen LogP contribution >= 0.6 is 0 Å². The van der Waals surface area contributed by atoms with Crippen molar-refractivity contribution >= 4 is 11.9 Å². The van der Waals surface area contributed by atoms with E-state index in [0.717, 1.165) is 32.1 Å². The van der Waals surface area contributed by atoms with E-state index in [1.807, 2.05) is 6.92 Å². The first-order valence-electron chi connectivity index (χ1n) is 9.09. The highest BCUT2D eigenvalue weighted by Gasteiger charge is 2.64. The lowest BCUT2D eigenvalue weighted by atomic mass is 9.44. The van der Waals surface area contributed by atoms with Crippen molar-refractivity contribution in [3.8, 4) is 0 Å². The fourth-order valence-corrected chi connectivity index (χ4v) is 5.56. The summed E-state index contributed by atoms with van der Waals surface area (Å²) in [4.78, 5) is 25.5. The maximum atomic E-state index is 12.8. The summed E-state index contributed by atoms with van der Waals surface area (Å²) in [5.74, 6) is 0.535. The summed E-state index contributed by atoms with van der Waals surface area (Å²) in [6.45, 7) is 3.41. The lowest BCUT2D eigenvalue weighted by molar-refractivity contribution is -0.200. The summed E-state index contributed by atoms with van der Waals surface area (Å²) in [5, 5.41) is 0. The number of carbonyl (C=O) groups is 2. The van der Waals surface area contributed by atoms with Crippen molar-refractivity contribution in [2.75, 3.05) is 26.6 Å². The molecule has 5 aliphatic rings. The quantitative estimate of drug-likeness (QED) is 0.306. The minimum atomic E-state index is -0.518. The zero-order valence-corrected chi connectivity index (χ0v) is 14.3. The van der Waals surface area contributed by atoms with Crippen LogP contribution in [0.1, 0.15) is 45.4 Å². The molecule has 0 aromatic carbocycles. The van der Waals surface area contributed by atoms with Crippen LogP contribution in [0.2, 0.25) is 0 Å². The number of hydrogen-bond acceptors (Lipinski definition) is 6. The van der Waals surface area contributed by atoms with Crippen molar-refractivity contribution in [1.29, 1.82) is 0 Å². The normalized spacial score (nSPS) is 42.0. The SMILES string of the molecule is CCOCOC(=O)C12CC3CC(C1)CC(C(=O)OCC1CO1)(C3)C2. The van der Waals surface area contributed by atoms with Gasteiger partial charge in [-0.1, -0.05) is 0 Å². The maximum absolute atomic E-state index is 12.8. The molecule has 134 valence electrons. The molecule has 0 amide bonds. The van der Waals surface area contributed by atoms with E-state index in [-0.39, 0.29) is 24.8 Å². The topological polar surface area (TPSA) is 74.4 Å². The minimum absolute atomic E-state index is 0.00286. The van der Waals surface area contributed by atoms with Crippen molar-refractivity contribution in [2.24, 2.45) is 22.7 Å². The molecule has 1 saturated heterocycles. The molecule has 6 heteroatoms. The van der Waals surface area contributed by atoms with Crippen molar-refractivity contribution < 1.29 is 28.5 Å². The molecule has 0 N–H and O–H groups in total. The molecule has 0 aromatic heterocycles. The monoisotopic (exact) mass is 338 g/mol. The van der Waals surface area contributed by atoms with Crippen LogP contribution in [0.4, 0.5) is 0 Å². The summed E-state index contributed by atoms with van der Waals surface area (Å²) in [5.41, 5.74) is -1.01. The number of carbonyl (C=O) groups excluding carboxylic acids is 2. The van der Waals surface area contributed by atoms with Crippen molar-refractivity contribution in [2.45, 2.75) is 51.6 Å². The molecular formula is C18H26O6. The summed E-state index contributed by atoms with van der Waals surface area (Å²) in [7, 11) is 0. The summed E-state index contributed by atoms with van der Waals surface area (Å²) < 4.78 is 21.2. The molecule has 4 bridgehead atoms. The third-order valence-corrected chi connectivity index (χ3v) is 6.21. The Morgan fingerprint density at radius 1 is 1.04 bits per heavy atom. The summed E-state index contributed by atoms with van der Waals surface area (Å²) in [6, 6.07) is 0. The van der Waals surface area contributed by atoms with Gasteiger partial charge < -0.3 is 18.9 Å². The van der Waals surface area contributed by atoms with Gasteiger partial charge in [-0.05, 0) is 57.3 Å².